The van der Waals surface area contributed by atoms with Crippen molar-refractivity contribution in [3.63, 3.8) is 0 Å². The van der Waals surface area contributed by atoms with Crippen LogP contribution in [-0.4, -0.2) is 40.1 Å². The third kappa shape index (κ3) is 5.16. The molecular formula is C48H60N2O. The third-order valence-corrected chi connectivity index (χ3v) is 16.3. The summed E-state index contributed by atoms with van der Waals surface area (Å²) in [5.74, 6) is 7.51. The highest BCUT2D eigenvalue weighted by Crippen LogP contribution is 2.57. The Morgan fingerprint density at radius 2 is 1.55 bits per heavy atom. The van der Waals surface area contributed by atoms with Gasteiger partial charge in [-0.2, -0.15) is 0 Å². The lowest BCUT2D eigenvalue weighted by Gasteiger charge is -2.44. The summed E-state index contributed by atoms with van der Waals surface area (Å²) in [6.07, 6.45) is 55.2. The quantitative estimate of drug-likeness (QED) is 0.275. The summed E-state index contributed by atoms with van der Waals surface area (Å²) in [6, 6.07) is 2.78. The van der Waals surface area contributed by atoms with Crippen LogP contribution in [0.4, 0.5) is 0 Å². The predicted octanol–water partition coefficient (Wildman–Crippen LogP) is 10.9. The average Bonchev–Trinajstić information content (AvgIpc) is 3.86. The highest BCUT2D eigenvalue weighted by Gasteiger charge is 2.54. The van der Waals surface area contributed by atoms with Gasteiger partial charge in [0.15, 0.2) is 0 Å². The lowest BCUT2D eigenvalue weighted by atomic mass is 9.64. The molecule has 0 aromatic heterocycles. The monoisotopic (exact) mass is 680 g/mol. The molecule has 3 fully saturated rings. The third-order valence-electron chi connectivity index (χ3n) is 16.3. The maximum atomic E-state index is 6.75. The zero-order valence-corrected chi connectivity index (χ0v) is 30.8. The maximum absolute atomic E-state index is 6.75. The Hall–Kier alpha value is -2.94. The van der Waals surface area contributed by atoms with Crippen LogP contribution in [0.1, 0.15) is 109 Å². The minimum absolute atomic E-state index is 0.324. The second-order valence-corrected chi connectivity index (χ2v) is 18.5. The van der Waals surface area contributed by atoms with Gasteiger partial charge < -0.3 is 14.5 Å². The van der Waals surface area contributed by atoms with Crippen molar-refractivity contribution in [2.45, 2.75) is 139 Å². The lowest BCUT2D eigenvalue weighted by Crippen LogP contribution is -2.42. The Labute approximate surface area is 307 Å². The molecule has 268 valence electrons. The van der Waals surface area contributed by atoms with E-state index in [9.17, 15) is 0 Å². The molecule has 11 aliphatic rings. The van der Waals surface area contributed by atoms with Gasteiger partial charge in [-0.25, -0.2) is 0 Å². The van der Waals surface area contributed by atoms with E-state index in [1.165, 1.54) is 113 Å². The number of allylic oxidation sites excluding steroid dienone is 12. The zero-order valence-electron chi connectivity index (χ0n) is 30.8. The van der Waals surface area contributed by atoms with Crippen molar-refractivity contribution in [2.75, 3.05) is 0 Å². The van der Waals surface area contributed by atoms with Crippen molar-refractivity contribution >= 4 is 0 Å². The first-order valence-corrected chi connectivity index (χ1v) is 21.7. The van der Waals surface area contributed by atoms with Gasteiger partial charge in [0.25, 0.3) is 0 Å². The summed E-state index contributed by atoms with van der Waals surface area (Å²) in [6.45, 7) is 0. The van der Waals surface area contributed by atoms with Gasteiger partial charge in [-0.15, -0.1) is 0 Å². The normalized spacial score (nSPS) is 44.9. The van der Waals surface area contributed by atoms with Crippen LogP contribution in [0.2, 0.25) is 0 Å². The fraction of sp³-hybridized carbons (Fsp3) is 0.625. The summed E-state index contributed by atoms with van der Waals surface area (Å²) in [5, 5.41) is 0. The molecule has 51 heavy (non-hydrogen) atoms. The number of hydrogen-bond acceptors (Lipinski definition) is 3. The first-order valence-electron chi connectivity index (χ1n) is 21.7. The van der Waals surface area contributed by atoms with Gasteiger partial charge >= 0.3 is 0 Å². The van der Waals surface area contributed by atoms with Gasteiger partial charge in [0.1, 0.15) is 11.9 Å². The van der Waals surface area contributed by atoms with E-state index >= 15 is 0 Å². The van der Waals surface area contributed by atoms with Crippen molar-refractivity contribution in [1.82, 2.24) is 9.80 Å². The van der Waals surface area contributed by atoms with E-state index in [0.717, 1.165) is 60.4 Å². The Morgan fingerprint density at radius 3 is 2.47 bits per heavy atom. The smallest absolute Gasteiger partial charge is 0.127 e. The van der Waals surface area contributed by atoms with Crippen molar-refractivity contribution < 1.29 is 4.74 Å². The van der Waals surface area contributed by atoms with E-state index in [2.05, 4.69) is 88.8 Å². The molecule has 11 rings (SSSR count). The second-order valence-electron chi connectivity index (χ2n) is 18.5. The fourth-order valence-electron chi connectivity index (χ4n) is 14.1. The number of nitrogens with zero attached hydrogens (tertiary/aromatic N) is 2. The molecule has 3 aliphatic heterocycles. The Bertz CT molecular complexity index is 1680. The highest BCUT2D eigenvalue weighted by molar-refractivity contribution is 5.50. The highest BCUT2D eigenvalue weighted by atomic mass is 16.5. The summed E-state index contributed by atoms with van der Waals surface area (Å²) in [7, 11) is 0. The van der Waals surface area contributed by atoms with Crippen LogP contribution in [0, 0.1) is 47.3 Å². The number of hydrogen-bond donors (Lipinski definition) is 0. The van der Waals surface area contributed by atoms with Crippen LogP contribution >= 0.6 is 0 Å². The van der Waals surface area contributed by atoms with Crippen LogP contribution < -0.4 is 0 Å². The number of fused-ring (bicyclic) bond motifs is 8. The standard InChI is InChI=1S/C48H60N2O/c1-2-11-34(12-3-1)49-43-18-7-4-13-37(43)41-29-32(23-27-45(41)49)33-24-28-46-42(30-33)38-14-5-8-19-44(38)50(46)35-25-21-31(22-26-35)36-16-10-17-40-39-15-6-9-20-47(39)51-48(36)40/h1-2,4-7,13-15,17-18,25,27,31-34,36-38,41-44,46,48H,3,8-12,16,19-24,26,28-30H2. The van der Waals surface area contributed by atoms with Crippen LogP contribution in [0.3, 0.4) is 0 Å². The number of rotatable bonds is 4. The Balaban J connectivity index is 0.793. The van der Waals surface area contributed by atoms with Gasteiger partial charge in [0, 0.05) is 65.2 Å². The molecule has 0 spiro atoms. The molecule has 3 nitrogen and oxygen atoms in total. The summed E-state index contributed by atoms with van der Waals surface area (Å²) in [5.41, 5.74) is 6.44. The van der Waals surface area contributed by atoms with E-state index in [1.54, 1.807) is 11.4 Å². The van der Waals surface area contributed by atoms with Gasteiger partial charge in [-0.3, -0.25) is 0 Å². The molecule has 8 aliphatic carbocycles. The molecule has 0 N–H and O–H groups in total. The van der Waals surface area contributed by atoms with Crippen LogP contribution in [0.25, 0.3) is 0 Å². The van der Waals surface area contributed by atoms with Gasteiger partial charge in [-0.1, -0.05) is 79.0 Å². The van der Waals surface area contributed by atoms with Crippen LogP contribution in [0.15, 0.2) is 107 Å². The Morgan fingerprint density at radius 1 is 0.608 bits per heavy atom. The predicted molar refractivity (Wildman–Crippen MR) is 207 cm³/mol. The first kappa shape index (κ1) is 31.6. The number of likely N-dealkylation sites (tertiary alicyclic amines) is 2. The molecule has 2 saturated heterocycles. The van der Waals surface area contributed by atoms with E-state index in [1.807, 2.05) is 0 Å². The second kappa shape index (κ2) is 12.9. The first-order chi connectivity index (χ1) is 25.3. The van der Waals surface area contributed by atoms with Gasteiger partial charge in [0.05, 0.1) is 6.04 Å². The van der Waals surface area contributed by atoms with Crippen molar-refractivity contribution in [3.8, 4) is 0 Å². The molecule has 0 amide bonds. The molecule has 0 aromatic rings. The van der Waals surface area contributed by atoms with E-state index in [0.29, 0.717) is 30.0 Å². The van der Waals surface area contributed by atoms with Crippen molar-refractivity contribution in [3.05, 3.63) is 107 Å². The summed E-state index contributed by atoms with van der Waals surface area (Å²) < 4.78 is 6.75. The minimum Gasteiger partial charge on any atom is -0.489 e. The minimum atomic E-state index is 0.324. The van der Waals surface area contributed by atoms with E-state index in [-0.39, 0.29) is 0 Å². The van der Waals surface area contributed by atoms with Crippen LogP contribution in [0.5, 0.6) is 0 Å². The SMILES string of the molecule is C1=CC2C3CC(C4CCC5C(C4)C4C=CCCC4N5C4=CCC(C5CCC=C6C7=C(CCC=C7)OC65)CC4)CC=C3N(C3CC=CCC3)C2C=C1. The summed E-state index contributed by atoms with van der Waals surface area (Å²) in [4.78, 5) is 5.98. The summed E-state index contributed by atoms with van der Waals surface area (Å²) >= 11 is 0. The maximum Gasteiger partial charge on any atom is 0.127 e. The molecule has 3 heteroatoms. The molecule has 0 radical (unpaired) electrons. The number of ether oxygens (including phenoxy) is 1. The van der Waals surface area contributed by atoms with Crippen molar-refractivity contribution in [1.29, 1.82) is 0 Å². The van der Waals surface area contributed by atoms with Crippen LogP contribution in [-0.2, 0) is 4.74 Å². The molecule has 13 atom stereocenters. The Kier molecular flexibility index (Phi) is 7.97. The molecule has 1 saturated carbocycles. The largest absolute Gasteiger partial charge is 0.489 e. The zero-order chi connectivity index (χ0) is 33.5. The molecular weight excluding hydrogens is 621 g/mol. The lowest BCUT2D eigenvalue weighted by molar-refractivity contribution is 0.0591. The fourth-order valence-corrected chi connectivity index (χ4v) is 14.1. The van der Waals surface area contributed by atoms with E-state index in [4.69, 9.17) is 4.74 Å². The topological polar surface area (TPSA) is 15.7 Å². The molecule has 0 aromatic carbocycles. The van der Waals surface area contributed by atoms with Gasteiger partial charge in [-0.05, 0) is 132 Å². The average molecular weight is 681 g/mol. The molecule has 13 unspecified atom stereocenters. The molecule has 3 heterocycles. The van der Waals surface area contributed by atoms with Crippen molar-refractivity contribution in [2.24, 2.45) is 47.3 Å². The molecule has 0 bridgehead atoms. The van der Waals surface area contributed by atoms with E-state index < -0.39 is 0 Å². The van der Waals surface area contributed by atoms with Gasteiger partial charge in [0.2, 0.25) is 0 Å².